The fourth-order valence-corrected chi connectivity index (χ4v) is 2.94. The van der Waals surface area contributed by atoms with Gasteiger partial charge in [0.2, 0.25) is 0 Å². The summed E-state index contributed by atoms with van der Waals surface area (Å²) in [6.07, 6.45) is 0.664. The predicted molar refractivity (Wildman–Crippen MR) is 75.2 cm³/mol. The Hall–Kier alpha value is -1.56. The molecule has 1 atom stereocenters. The van der Waals surface area contributed by atoms with Crippen LogP contribution in [0.1, 0.15) is 17.5 Å². The largest absolute Gasteiger partial charge is 0.449 e. The molecule has 0 bridgehead atoms. The van der Waals surface area contributed by atoms with Crippen LogP contribution in [-0.2, 0) is 4.74 Å². The Kier molecular flexibility index (Phi) is 3.41. The zero-order valence-corrected chi connectivity index (χ0v) is 12.4. The van der Waals surface area contributed by atoms with Crippen molar-refractivity contribution in [2.24, 2.45) is 0 Å². The van der Waals surface area contributed by atoms with E-state index >= 15 is 0 Å². The lowest BCUT2D eigenvalue weighted by Gasteiger charge is -2.43. The molecule has 2 saturated heterocycles. The first kappa shape index (κ1) is 13.4. The number of carbonyl (C=O) groups is 1. The number of halogens is 1. The van der Waals surface area contributed by atoms with Gasteiger partial charge in [-0.1, -0.05) is 11.6 Å². The van der Waals surface area contributed by atoms with Crippen LogP contribution in [0.5, 0.6) is 0 Å². The minimum Gasteiger partial charge on any atom is -0.449 e. The van der Waals surface area contributed by atoms with Gasteiger partial charge >= 0.3 is 6.09 Å². The standard InChI is InChI=1S/C13H17ClN4O2/c1-8-9(2)12(16-15-11(8)14)17-4-5-18-10(7-17)3-6-20-13(18)19/h10H,3-7H2,1-2H3. The van der Waals surface area contributed by atoms with Gasteiger partial charge in [0.25, 0.3) is 0 Å². The Morgan fingerprint density at radius 2 is 2.05 bits per heavy atom. The summed E-state index contributed by atoms with van der Waals surface area (Å²) in [5, 5.41) is 8.68. The van der Waals surface area contributed by atoms with Crippen LogP contribution in [0.2, 0.25) is 5.15 Å². The molecule has 0 radical (unpaired) electrons. The second kappa shape index (κ2) is 5.09. The van der Waals surface area contributed by atoms with Crippen LogP contribution in [0, 0.1) is 13.8 Å². The molecule has 108 valence electrons. The fourth-order valence-electron chi connectivity index (χ4n) is 2.76. The SMILES string of the molecule is Cc1c(Cl)nnc(N2CCN3C(=O)OCCC3C2)c1C. The third-order valence-corrected chi connectivity index (χ3v) is 4.49. The van der Waals surface area contributed by atoms with Gasteiger partial charge in [0.05, 0.1) is 12.6 Å². The highest BCUT2D eigenvalue weighted by molar-refractivity contribution is 6.30. The van der Waals surface area contributed by atoms with E-state index in [1.54, 1.807) is 0 Å². The molecule has 1 aromatic heterocycles. The monoisotopic (exact) mass is 296 g/mol. The van der Waals surface area contributed by atoms with E-state index in [4.69, 9.17) is 16.3 Å². The topological polar surface area (TPSA) is 58.6 Å². The first-order chi connectivity index (χ1) is 9.58. The molecule has 2 aliphatic heterocycles. The highest BCUT2D eigenvalue weighted by Crippen LogP contribution is 2.27. The molecular formula is C13H17ClN4O2. The second-order valence-corrected chi connectivity index (χ2v) is 5.62. The number of carbonyl (C=O) groups excluding carboxylic acids is 1. The summed E-state index contributed by atoms with van der Waals surface area (Å²) in [6, 6.07) is 0.196. The highest BCUT2D eigenvalue weighted by atomic mass is 35.5. The number of fused-ring (bicyclic) bond motifs is 1. The van der Waals surface area contributed by atoms with Crippen molar-refractivity contribution in [2.45, 2.75) is 26.3 Å². The second-order valence-electron chi connectivity index (χ2n) is 5.26. The van der Waals surface area contributed by atoms with E-state index < -0.39 is 0 Å². The van der Waals surface area contributed by atoms with Gasteiger partial charge in [-0.05, 0) is 25.0 Å². The van der Waals surface area contributed by atoms with Crippen molar-refractivity contribution in [1.29, 1.82) is 0 Å². The predicted octanol–water partition coefficient (Wildman–Crippen LogP) is 1.78. The number of aromatic nitrogens is 2. The normalized spacial score (nSPS) is 22.6. The molecule has 3 rings (SSSR count). The van der Waals surface area contributed by atoms with Crippen molar-refractivity contribution in [3.8, 4) is 0 Å². The molecule has 0 aromatic carbocycles. The van der Waals surface area contributed by atoms with Crippen LogP contribution in [0.4, 0.5) is 10.6 Å². The molecule has 3 heterocycles. The lowest BCUT2D eigenvalue weighted by atomic mass is 10.1. The number of rotatable bonds is 1. The van der Waals surface area contributed by atoms with E-state index in [2.05, 4.69) is 15.1 Å². The number of amides is 1. The van der Waals surface area contributed by atoms with Gasteiger partial charge in [0.1, 0.15) is 0 Å². The first-order valence-electron chi connectivity index (χ1n) is 6.75. The van der Waals surface area contributed by atoms with E-state index in [0.717, 1.165) is 36.5 Å². The number of piperazine rings is 1. The zero-order chi connectivity index (χ0) is 14.3. The summed E-state index contributed by atoms with van der Waals surface area (Å²) in [5.41, 5.74) is 2.01. The van der Waals surface area contributed by atoms with Crippen LogP contribution in [-0.4, -0.2) is 53.5 Å². The summed E-state index contributed by atoms with van der Waals surface area (Å²) in [4.78, 5) is 15.7. The van der Waals surface area contributed by atoms with Crippen LogP contribution < -0.4 is 4.90 Å². The number of anilines is 1. The molecule has 20 heavy (non-hydrogen) atoms. The minimum atomic E-state index is -0.198. The van der Waals surface area contributed by atoms with Gasteiger partial charge in [0, 0.05) is 26.1 Å². The number of nitrogens with zero attached hydrogens (tertiary/aromatic N) is 4. The Balaban J connectivity index is 1.83. The van der Waals surface area contributed by atoms with Gasteiger partial charge in [-0.15, -0.1) is 10.2 Å². The summed E-state index contributed by atoms with van der Waals surface area (Å²) in [5.74, 6) is 0.866. The quantitative estimate of drug-likeness (QED) is 0.790. The summed E-state index contributed by atoms with van der Waals surface area (Å²) in [7, 11) is 0. The third kappa shape index (κ3) is 2.18. The van der Waals surface area contributed by atoms with E-state index in [-0.39, 0.29) is 12.1 Å². The van der Waals surface area contributed by atoms with Gasteiger partial charge < -0.3 is 14.5 Å². The van der Waals surface area contributed by atoms with Crippen molar-refractivity contribution in [1.82, 2.24) is 15.1 Å². The van der Waals surface area contributed by atoms with Crippen molar-refractivity contribution in [3.05, 3.63) is 16.3 Å². The first-order valence-corrected chi connectivity index (χ1v) is 7.13. The van der Waals surface area contributed by atoms with Gasteiger partial charge in [-0.25, -0.2) is 4.79 Å². The number of ether oxygens (including phenoxy) is 1. The Morgan fingerprint density at radius 3 is 2.85 bits per heavy atom. The van der Waals surface area contributed by atoms with Crippen LogP contribution in [0.15, 0.2) is 0 Å². The molecule has 6 nitrogen and oxygen atoms in total. The van der Waals surface area contributed by atoms with Crippen molar-refractivity contribution < 1.29 is 9.53 Å². The number of hydrogen-bond donors (Lipinski definition) is 0. The van der Waals surface area contributed by atoms with E-state index in [9.17, 15) is 4.79 Å². The van der Waals surface area contributed by atoms with Crippen molar-refractivity contribution in [3.63, 3.8) is 0 Å². The molecular weight excluding hydrogens is 280 g/mol. The Bertz CT molecular complexity index is 551. The smallest absolute Gasteiger partial charge is 0.410 e. The Labute approximate surface area is 122 Å². The van der Waals surface area contributed by atoms with Crippen molar-refractivity contribution in [2.75, 3.05) is 31.1 Å². The molecule has 0 N–H and O–H groups in total. The fraction of sp³-hybridized carbons (Fsp3) is 0.615. The lowest BCUT2D eigenvalue weighted by molar-refractivity contribution is 0.0397. The van der Waals surface area contributed by atoms with E-state index in [0.29, 0.717) is 18.3 Å². The average molecular weight is 297 g/mol. The molecule has 1 unspecified atom stereocenters. The van der Waals surface area contributed by atoms with Crippen LogP contribution in [0.25, 0.3) is 0 Å². The maximum absolute atomic E-state index is 11.7. The zero-order valence-electron chi connectivity index (χ0n) is 11.6. The average Bonchev–Trinajstić information content (AvgIpc) is 2.45. The summed E-state index contributed by atoms with van der Waals surface area (Å²) in [6.45, 7) is 6.62. The molecule has 1 amide bonds. The van der Waals surface area contributed by atoms with Crippen molar-refractivity contribution >= 4 is 23.5 Å². The highest BCUT2D eigenvalue weighted by Gasteiger charge is 2.35. The summed E-state index contributed by atoms with van der Waals surface area (Å²) >= 11 is 5.99. The molecule has 2 aliphatic rings. The van der Waals surface area contributed by atoms with Gasteiger partial charge in [-0.2, -0.15) is 0 Å². The molecule has 0 spiro atoms. The van der Waals surface area contributed by atoms with Crippen LogP contribution >= 0.6 is 11.6 Å². The van der Waals surface area contributed by atoms with E-state index in [1.807, 2.05) is 18.7 Å². The third-order valence-electron chi connectivity index (χ3n) is 4.13. The lowest BCUT2D eigenvalue weighted by Crippen LogP contribution is -2.58. The maximum Gasteiger partial charge on any atom is 0.410 e. The Morgan fingerprint density at radius 1 is 1.25 bits per heavy atom. The van der Waals surface area contributed by atoms with Gasteiger partial charge in [0.15, 0.2) is 11.0 Å². The van der Waals surface area contributed by atoms with Gasteiger partial charge in [-0.3, -0.25) is 0 Å². The van der Waals surface area contributed by atoms with E-state index in [1.165, 1.54) is 0 Å². The number of cyclic esters (lactones) is 1. The minimum absolute atomic E-state index is 0.196. The maximum atomic E-state index is 11.7. The molecule has 7 heteroatoms. The number of hydrogen-bond acceptors (Lipinski definition) is 5. The molecule has 2 fully saturated rings. The molecule has 1 aromatic rings. The molecule has 0 aliphatic carbocycles. The van der Waals surface area contributed by atoms with Crippen LogP contribution in [0.3, 0.4) is 0 Å². The molecule has 0 saturated carbocycles. The summed E-state index contributed by atoms with van der Waals surface area (Å²) < 4.78 is 5.07.